The Bertz CT molecular complexity index is 959. The number of carboxylic acids is 1. The van der Waals surface area contributed by atoms with Gasteiger partial charge in [0.25, 0.3) is 12.0 Å². The fourth-order valence-corrected chi connectivity index (χ4v) is 3.54. The number of hydrogen-bond acceptors (Lipinski definition) is 5. The van der Waals surface area contributed by atoms with Crippen LogP contribution >= 0.6 is 11.3 Å². The third kappa shape index (κ3) is 3.62. The zero-order valence-corrected chi connectivity index (χ0v) is 13.8. The van der Waals surface area contributed by atoms with Gasteiger partial charge in [0.15, 0.2) is 0 Å². The molecule has 13 heteroatoms. The highest BCUT2D eigenvalue weighted by Gasteiger charge is 2.31. The van der Waals surface area contributed by atoms with Gasteiger partial charge < -0.3 is 5.11 Å². The zero-order chi connectivity index (χ0) is 19.8. The van der Waals surface area contributed by atoms with E-state index in [-0.39, 0.29) is 17.9 Å². The van der Waals surface area contributed by atoms with E-state index < -0.39 is 63.8 Å². The molecule has 0 aliphatic heterocycles. The molecule has 2 heterocycles. The van der Waals surface area contributed by atoms with Crippen molar-refractivity contribution >= 4 is 27.5 Å². The minimum atomic E-state index is -4.97. The van der Waals surface area contributed by atoms with Crippen molar-refractivity contribution in [2.24, 2.45) is 0 Å². The Morgan fingerprint density at radius 1 is 1.27 bits per heavy atom. The van der Waals surface area contributed by atoms with Gasteiger partial charge in [-0.05, 0) is 6.92 Å². The number of rotatable bonds is 6. The van der Waals surface area contributed by atoms with E-state index in [0.717, 1.165) is 0 Å². The van der Waals surface area contributed by atoms with Gasteiger partial charge in [-0.3, -0.25) is 18.7 Å². The summed E-state index contributed by atoms with van der Waals surface area (Å²) in [4.78, 5) is 34.6. The number of alkyl halides is 5. The van der Waals surface area contributed by atoms with E-state index in [2.05, 4.69) is 4.74 Å². The number of hydrogen-bond donors (Lipinski definition) is 1. The van der Waals surface area contributed by atoms with Crippen LogP contribution in [-0.4, -0.2) is 33.2 Å². The molecule has 0 saturated heterocycles. The summed E-state index contributed by atoms with van der Waals surface area (Å²) in [5, 5.41) is 8.39. The predicted molar refractivity (Wildman–Crippen MR) is 79.9 cm³/mol. The summed E-state index contributed by atoms with van der Waals surface area (Å²) in [7, 11) is 0. The van der Waals surface area contributed by atoms with Crippen LogP contribution < -0.4 is 11.2 Å². The Morgan fingerprint density at radius 3 is 2.35 bits per heavy atom. The maximum Gasteiger partial charge on any atom is 0.522 e. The molecule has 2 aromatic rings. The van der Waals surface area contributed by atoms with Crippen molar-refractivity contribution in [3.05, 3.63) is 31.3 Å². The van der Waals surface area contributed by atoms with Crippen molar-refractivity contribution in [1.29, 1.82) is 0 Å². The lowest BCUT2D eigenvalue weighted by molar-refractivity contribution is -0.325. The van der Waals surface area contributed by atoms with E-state index in [0.29, 0.717) is 9.13 Å². The summed E-state index contributed by atoms with van der Waals surface area (Å²) < 4.78 is 67.8. The molecule has 0 aromatic carbocycles. The highest BCUT2D eigenvalue weighted by molar-refractivity contribution is 7.20. The molecule has 2 rings (SSSR count). The molecule has 0 amide bonds. The smallest absolute Gasteiger partial charge is 0.477 e. The average molecular weight is 402 g/mol. The number of ether oxygens (including phenoxy) is 1. The molecule has 0 aliphatic rings. The van der Waals surface area contributed by atoms with Crippen LogP contribution in [0.25, 0.3) is 10.2 Å². The maximum absolute atomic E-state index is 13.3. The molecule has 0 spiro atoms. The summed E-state index contributed by atoms with van der Waals surface area (Å²) in [6.07, 6.45) is -8.30. The standard InChI is InChI=1S/C13H11F5N2O5S/c1-2-19-9(21)6-5(8(14)15)7(11(22)23)26-10(6)20(12(19)24)3-4-25-13(16,17)18/h8H,2-4H2,1H3,(H,22,23). The lowest BCUT2D eigenvalue weighted by Gasteiger charge is -2.12. The first-order chi connectivity index (χ1) is 12.0. The second kappa shape index (κ2) is 7.15. The van der Waals surface area contributed by atoms with Crippen LogP contribution in [0.2, 0.25) is 0 Å². The van der Waals surface area contributed by atoms with Crippen molar-refractivity contribution in [2.75, 3.05) is 6.61 Å². The third-order valence-electron chi connectivity index (χ3n) is 3.40. The van der Waals surface area contributed by atoms with Crippen LogP contribution in [0.15, 0.2) is 9.59 Å². The first-order valence-corrected chi connectivity index (χ1v) is 7.83. The lowest BCUT2D eigenvalue weighted by Crippen LogP contribution is -2.40. The van der Waals surface area contributed by atoms with Crippen LogP contribution in [0.5, 0.6) is 0 Å². The maximum atomic E-state index is 13.3. The predicted octanol–water partition coefficient (Wildman–Crippen LogP) is 2.42. The lowest BCUT2D eigenvalue weighted by atomic mass is 10.2. The SMILES string of the molecule is CCn1c(=O)c2c(C(F)F)c(C(=O)O)sc2n(CCOC(F)(F)F)c1=O. The fraction of sp³-hybridized carbons (Fsp3) is 0.462. The Kier molecular flexibility index (Phi) is 5.51. The van der Waals surface area contributed by atoms with Crippen molar-refractivity contribution in [3.8, 4) is 0 Å². The van der Waals surface area contributed by atoms with E-state index in [1.165, 1.54) is 6.92 Å². The molecule has 144 valence electrons. The van der Waals surface area contributed by atoms with Gasteiger partial charge in [0.05, 0.1) is 24.1 Å². The number of carbonyl (C=O) groups is 1. The molecule has 0 atom stereocenters. The topological polar surface area (TPSA) is 90.5 Å². The van der Waals surface area contributed by atoms with Gasteiger partial charge in [0.1, 0.15) is 9.71 Å². The van der Waals surface area contributed by atoms with E-state index in [1.54, 1.807) is 0 Å². The molecule has 2 aromatic heterocycles. The Balaban J connectivity index is 2.79. The highest BCUT2D eigenvalue weighted by Crippen LogP contribution is 2.35. The van der Waals surface area contributed by atoms with Gasteiger partial charge in [0.2, 0.25) is 0 Å². The quantitative estimate of drug-likeness (QED) is 0.750. The zero-order valence-electron chi connectivity index (χ0n) is 13.0. The van der Waals surface area contributed by atoms with Crippen molar-refractivity contribution in [1.82, 2.24) is 9.13 Å². The second-order valence-electron chi connectivity index (χ2n) is 4.91. The molecule has 1 N–H and O–H groups in total. The summed E-state index contributed by atoms with van der Waals surface area (Å²) in [6.45, 7) is -0.617. The van der Waals surface area contributed by atoms with Crippen LogP contribution in [0.1, 0.15) is 28.6 Å². The number of aromatic nitrogens is 2. The summed E-state index contributed by atoms with van der Waals surface area (Å²) in [5.41, 5.74) is -3.23. The first-order valence-electron chi connectivity index (χ1n) is 7.01. The number of aromatic carboxylic acids is 1. The molecule has 0 radical (unpaired) electrons. The molecule has 0 bridgehead atoms. The molecule has 7 nitrogen and oxygen atoms in total. The van der Waals surface area contributed by atoms with Crippen LogP contribution in [0.4, 0.5) is 22.0 Å². The van der Waals surface area contributed by atoms with Gasteiger partial charge >= 0.3 is 18.0 Å². The highest BCUT2D eigenvalue weighted by atomic mass is 32.1. The van der Waals surface area contributed by atoms with Crippen molar-refractivity contribution in [2.45, 2.75) is 32.8 Å². The van der Waals surface area contributed by atoms with Gasteiger partial charge in [-0.2, -0.15) is 0 Å². The average Bonchev–Trinajstić information content (AvgIpc) is 2.91. The van der Waals surface area contributed by atoms with Gasteiger partial charge in [-0.1, -0.05) is 0 Å². The monoisotopic (exact) mass is 402 g/mol. The molecule has 0 saturated carbocycles. The number of thiophene rings is 1. The Morgan fingerprint density at radius 2 is 1.88 bits per heavy atom. The number of nitrogens with zero attached hydrogens (tertiary/aromatic N) is 2. The molecule has 26 heavy (non-hydrogen) atoms. The minimum absolute atomic E-state index is 0.226. The Hall–Kier alpha value is -2.28. The molecular formula is C13H11F5N2O5S. The number of carboxylic acid groups (broad SMARTS) is 1. The third-order valence-corrected chi connectivity index (χ3v) is 4.62. The fourth-order valence-electron chi connectivity index (χ4n) is 2.38. The normalized spacial score (nSPS) is 12.3. The van der Waals surface area contributed by atoms with Crippen molar-refractivity contribution < 1.29 is 36.6 Å². The first kappa shape index (κ1) is 20.0. The summed E-state index contributed by atoms with van der Waals surface area (Å²) >= 11 is 0.226. The minimum Gasteiger partial charge on any atom is -0.477 e. The summed E-state index contributed by atoms with van der Waals surface area (Å²) in [5.74, 6) is -1.74. The van der Waals surface area contributed by atoms with Crippen LogP contribution in [0, 0.1) is 0 Å². The number of halogens is 5. The van der Waals surface area contributed by atoms with Crippen molar-refractivity contribution in [3.63, 3.8) is 0 Å². The van der Waals surface area contributed by atoms with Gasteiger partial charge in [0, 0.05) is 6.54 Å². The Labute approximate surface area is 144 Å². The van der Waals surface area contributed by atoms with E-state index in [4.69, 9.17) is 5.11 Å². The van der Waals surface area contributed by atoms with E-state index in [1.807, 2.05) is 0 Å². The second-order valence-corrected chi connectivity index (χ2v) is 5.91. The van der Waals surface area contributed by atoms with E-state index in [9.17, 15) is 36.3 Å². The summed E-state index contributed by atoms with van der Waals surface area (Å²) in [6, 6.07) is 0. The molecule has 0 unspecified atom stereocenters. The van der Waals surface area contributed by atoms with Gasteiger partial charge in [-0.15, -0.1) is 24.5 Å². The molecule has 0 aliphatic carbocycles. The van der Waals surface area contributed by atoms with E-state index >= 15 is 0 Å². The number of fused-ring (bicyclic) bond motifs is 1. The van der Waals surface area contributed by atoms with Crippen LogP contribution in [-0.2, 0) is 17.8 Å². The largest absolute Gasteiger partial charge is 0.522 e. The molecule has 0 fully saturated rings. The molecular weight excluding hydrogens is 391 g/mol. The van der Waals surface area contributed by atoms with Gasteiger partial charge in [-0.25, -0.2) is 18.4 Å². The van der Waals surface area contributed by atoms with Crippen LogP contribution in [0.3, 0.4) is 0 Å².